The van der Waals surface area contributed by atoms with Crippen LogP contribution in [0.15, 0.2) is 64.1 Å². The number of fused-ring (bicyclic) bond motifs is 1. The summed E-state index contributed by atoms with van der Waals surface area (Å²) in [6, 6.07) is 15.8. The van der Waals surface area contributed by atoms with Gasteiger partial charge in [0.25, 0.3) is 5.56 Å². The Bertz CT molecular complexity index is 1340. The molecule has 158 valence electrons. The predicted octanol–water partition coefficient (Wildman–Crippen LogP) is 4.19. The first kappa shape index (κ1) is 21.1. The van der Waals surface area contributed by atoms with Gasteiger partial charge in [0.15, 0.2) is 5.65 Å². The SMILES string of the molecule is Cc1ccc(-n2c(C)c(C)c3c(=O)n(CC(=O)NCc4cccc(Br)c4)cnc32)cc1. The lowest BCUT2D eigenvalue weighted by atomic mass is 10.2. The van der Waals surface area contributed by atoms with Crippen molar-refractivity contribution in [2.45, 2.75) is 33.9 Å². The lowest BCUT2D eigenvalue weighted by Gasteiger charge is -2.10. The van der Waals surface area contributed by atoms with Crippen LogP contribution in [0.4, 0.5) is 0 Å². The first-order valence-corrected chi connectivity index (χ1v) is 10.8. The van der Waals surface area contributed by atoms with Crippen LogP contribution in [0.5, 0.6) is 0 Å². The Morgan fingerprint density at radius 3 is 2.55 bits per heavy atom. The summed E-state index contributed by atoms with van der Waals surface area (Å²) in [4.78, 5) is 30.2. The highest BCUT2D eigenvalue weighted by Crippen LogP contribution is 2.25. The molecule has 7 heteroatoms. The molecule has 0 aliphatic rings. The molecule has 0 aliphatic heterocycles. The normalized spacial score (nSPS) is 11.1. The summed E-state index contributed by atoms with van der Waals surface area (Å²) in [5.41, 5.74) is 5.32. The van der Waals surface area contributed by atoms with Gasteiger partial charge < -0.3 is 5.32 Å². The predicted molar refractivity (Wildman–Crippen MR) is 126 cm³/mol. The van der Waals surface area contributed by atoms with Crippen molar-refractivity contribution >= 4 is 32.9 Å². The van der Waals surface area contributed by atoms with Crippen LogP contribution in [0.1, 0.15) is 22.4 Å². The number of aromatic nitrogens is 3. The zero-order valence-electron chi connectivity index (χ0n) is 17.6. The van der Waals surface area contributed by atoms with Gasteiger partial charge in [0, 0.05) is 22.4 Å². The van der Waals surface area contributed by atoms with Gasteiger partial charge in [-0.25, -0.2) is 4.98 Å². The van der Waals surface area contributed by atoms with Crippen molar-refractivity contribution in [2.24, 2.45) is 0 Å². The van der Waals surface area contributed by atoms with Gasteiger partial charge in [-0.05, 0) is 56.2 Å². The summed E-state index contributed by atoms with van der Waals surface area (Å²) in [5.74, 6) is -0.240. The van der Waals surface area contributed by atoms with Crippen molar-refractivity contribution in [3.63, 3.8) is 0 Å². The van der Waals surface area contributed by atoms with E-state index in [1.807, 2.05) is 73.9 Å². The first-order valence-electron chi connectivity index (χ1n) is 10.0. The number of rotatable bonds is 5. The Morgan fingerprint density at radius 1 is 1.10 bits per heavy atom. The van der Waals surface area contributed by atoms with Crippen LogP contribution >= 0.6 is 15.9 Å². The molecular formula is C24H23BrN4O2. The summed E-state index contributed by atoms with van der Waals surface area (Å²) in [7, 11) is 0. The zero-order valence-corrected chi connectivity index (χ0v) is 19.2. The zero-order chi connectivity index (χ0) is 22.1. The molecule has 1 amide bonds. The molecule has 2 aromatic heterocycles. The molecule has 0 radical (unpaired) electrons. The lowest BCUT2D eigenvalue weighted by molar-refractivity contribution is -0.121. The third kappa shape index (κ3) is 4.18. The summed E-state index contributed by atoms with van der Waals surface area (Å²) >= 11 is 3.42. The fraction of sp³-hybridized carbons (Fsp3) is 0.208. The van der Waals surface area contributed by atoms with Crippen molar-refractivity contribution in [1.29, 1.82) is 0 Å². The van der Waals surface area contributed by atoms with Gasteiger partial charge in [0.1, 0.15) is 12.9 Å². The van der Waals surface area contributed by atoms with E-state index in [0.717, 1.165) is 27.0 Å². The molecule has 0 bridgehead atoms. The second kappa shape index (κ2) is 8.51. The standard InChI is InChI=1S/C24H23BrN4O2/c1-15-7-9-20(10-8-15)29-17(3)16(2)22-23(29)27-14-28(24(22)31)13-21(30)26-12-18-5-4-6-19(25)11-18/h4-11,14H,12-13H2,1-3H3,(H,26,30). The molecule has 4 rings (SSSR count). The third-order valence-electron chi connectivity index (χ3n) is 5.47. The van der Waals surface area contributed by atoms with E-state index in [1.165, 1.54) is 16.5 Å². The average Bonchev–Trinajstić information content (AvgIpc) is 3.00. The second-order valence-corrected chi connectivity index (χ2v) is 8.58. The van der Waals surface area contributed by atoms with Crippen LogP contribution in [0.2, 0.25) is 0 Å². The van der Waals surface area contributed by atoms with E-state index >= 15 is 0 Å². The van der Waals surface area contributed by atoms with Crippen molar-refractivity contribution in [3.05, 3.63) is 92.1 Å². The number of benzene rings is 2. The minimum absolute atomic E-state index is 0.0794. The fourth-order valence-electron chi connectivity index (χ4n) is 3.67. The number of aryl methyl sites for hydroxylation is 2. The smallest absolute Gasteiger partial charge is 0.263 e. The lowest BCUT2D eigenvalue weighted by Crippen LogP contribution is -2.32. The van der Waals surface area contributed by atoms with Crippen LogP contribution in [0.3, 0.4) is 0 Å². The average molecular weight is 479 g/mol. The topological polar surface area (TPSA) is 68.9 Å². The van der Waals surface area contributed by atoms with Gasteiger partial charge >= 0.3 is 0 Å². The molecule has 0 atom stereocenters. The molecule has 4 aromatic rings. The van der Waals surface area contributed by atoms with Crippen molar-refractivity contribution in [2.75, 3.05) is 0 Å². The maximum absolute atomic E-state index is 13.2. The Hall–Kier alpha value is -3.19. The Morgan fingerprint density at radius 2 is 1.84 bits per heavy atom. The summed E-state index contributed by atoms with van der Waals surface area (Å²) < 4.78 is 4.31. The van der Waals surface area contributed by atoms with Crippen molar-refractivity contribution in [1.82, 2.24) is 19.4 Å². The first-order chi connectivity index (χ1) is 14.8. The molecule has 6 nitrogen and oxygen atoms in total. The Kier molecular flexibility index (Phi) is 5.78. The molecule has 0 saturated carbocycles. The molecule has 0 unspecified atom stereocenters. The van der Waals surface area contributed by atoms with E-state index < -0.39 is 0 Å². The maximum Gasteiger partial charge on any atom is 0.263 e. The quantitative estimate of drug-likeness (QED) is 0.467. The number of carbonyl (C=O) groups excluding carboxylic acids is 1. The molecule has 1 N–H and O–H groups in total. The molecule has 0 fully saturated rings. The van der Waals surface area contributed by atoms with Gasteiger partial charge in [-0.3, -0.25) is 18.7 Å². The largest absolute Gasteiger partial charge is 0.350 e. The number of hydrogen-bond donors (Lipinski definition) is 1. The van der Waals surface area contributed by atoms with Gasteiger partial charge in [-0.15, -0.1) is 0 Å². The number of hydrogen-bond acceptors (Lipinski definition) is 3. The second-order valence-electron chi connectivity index (χ2n) is 7.66. The number of nitrogens with zero attached hydrogens (tertiary/aromatic N) is 3. The monoisotopic (exact) mass is 478 g/mol. The molecule has 2 aromatic carbocycles. The number of carbonyl (C=O) groups is 1. The molecule has 0 spiro atoms. The summed E-state index contributed by atoms with van der Waals surface area (Å²) in [5, 5.41) is 3.40. The van der Waals surface area contributed by atoms with Crippen LogP contribution in [-0.4, -0.2) is 20.0 Å². The van der Waals surface area contributed by atoms with Crippen molar-refractivity contribution < 1.29 is 4.79 Å². The van der Waals surface area contributed by atoms with E-state index in [0.29, 0.717) is 17.6 Å². The van der Waals surface area contributed by atoms with Gasteiger partial charge in [-0.1, -0.05) is 45.8 Å². The number of halogens is 1. The van der Waals surface area contributed by atoms with Crippen LogP contribution in [-0.2, 0) is 17.9 Å². The van der Waals surface area contributed by atoms with Crippen LogP contribution in [0, 0.1) is 20.8 Å². The van der Waals surface area contributed by atoms with Crippen LogP contribution < -0.4 is 10.9 Å². The highest BCUT2D eigenvalue weighted by atomic mass is 79.9. The maximum atomic E-state index is 13.2. The fourth-order valence-corrected chi connectivity index (χ4v) is 4.11. The Labute approximate surface area is 188 Å². The van der Waals surface area contributed by atoms with E-state index in [4.69, 9.17) is 0 Å². The summed E-state index contributed by atoms with van der Waals surface area (Å²) in [6.45, 7) is 6.25. The van der Waals surface area contributed by atoms with E-state index in [2.05, 4.69) is 26.2 Å². The highest BCUT2D eigenvalue weighted by Gasteiger charge is 2.18. The molecule has 0 saturated heterocycles. The van der Waals surface area contributed by atoms with Gasteiger partial charge in [0.2, 0.25) is 5.91 Å². The molecule has 31 heavy (non-hydrogen) atoms. The van der Waals surface area contributed by atoms with Crippen LogP contribution in [0.25, 0.3) is 16.7 Å². The van der Waals surface area contributed by atoms with Gasteiger partial charge in [-0.2, -0.15) is 0 Å². The number of amides is 1. The third-order valence-corrected chi connectivity index (χ3v) is 5.96. The van der Waals surface area contributed by atoms with E-state index in [-0.39, 0.29) is 18.0 Å². The minimum atomic E-state index is -0.240. The molecular weight excluding hydrogens is 456 g/mol. The minimum Gasteiger partial charge on any atom is -0.350 e. The number of nitrogens with one attached hydrogen (secondary N) is 1. The van der Waals surface area contributed by atoms with Crippen molar-refractivity contribution in [3.8, 4) is 5.69 Å². The highest BCUT2D eigenvalue weighted by molar-refractivity contribution is 9.10. The van der Waals surface area contributed by atoms with E-state index in [1.54, 1.807) is 0 Å². The van der Waals surface area contributed by atoms with E-state index in [9.17, 15) is 9.59 Å². The summed E-state index contributed by atoms with van der Waals surface area (Å²) in [6.07, 6.45) is 1.45. The molecule has 0 aliphatic carbocycles. The van der Waals surface area contributed by atoms with Gasteiger partial charge in [0.05, 0.1) is 5.39 Å². The molecule has 2 heterocycles. The Balaban J connectivity index is 1.62.